The number of hydrogen-bond acceptors (Lipinski definition) is 2. The van der Waals surface area contributed by atoms with Crippen molar-refractivity contribution in [2.75, 3.05) is 0 Å². The van der Waals surface area contributed by atoms with Gasteiger partial charge in [-0.3, -0.25) is 0 Å². The molecule has 0 atom stereocenters. The zero-order valence-corrected chi connectivity index (χ0v) is 3.70. The van der Waals surface area contributed by atoms with Gasteiger partial charge in [0.2, 0.25) is 0 Å². The highest BCUT2D eigenvalue weighted by atomic mass is 16.5. The van der Waals surface area contributed by atoms with Gasteiger partial charge in [0, 0.05) is 5.41 Å². The summed E-state index contributed by atoms with van der Waals surface area (Å²) in [7, 11) is 0. The number of aliphatic hydroxyl groups excluding tert-OH is 1. The predicted octanol–water partition coefficient (Wildman–Crippen LogP) is -0.827. The second-order valence-electron chi connectivity index (χ2n) is 2.95. The second kappa shape index (κ2) is 0.446. The summed E-state index contributed by atoms with van der Waals surface area (Å²) in [4.78, 5) is 0. The first-order valence-electron chi connectivity index (χ1n) is 2.67. The van der Waals surface area contributed by atoms with Gasteiger partial charge in [0.15, 0.2) is 6.29 Å². The number of hydrogen-bond donors (Lipinski definition) is 2. The van der Waals surface area contributed by atoms with Gasteiger partial charge in [-0.1, -0.05) is 0 Å². The van der Waals surface area contributed by atoms with E-state index in [0.29, 0.717) is 0 Å². The molecule has 4 fully saturated rings. The quantitative estimate of drug-likeness (QED) is 0.420. The summed E-state index contributed by atoms with van der Waals surface area (Å²) in [5.74, 6) is 2.31. The minimum absolute atomic E-state index is 0.111. The Morgan fingerprint density at radius 2 is 1.57 bits per heavy atom. The van der Waals surface area contributed by atoms with Crippen molar-refractivity contribution in [3.05, 3.63) is 0 Å². The van der Waals surface area contributed by atoms with Gasteiger partial charge in [-0.05, 0) is 17.8 Å². The maximum atomic E-state index is 8.57. The van der Waals surface area contributed by atoms with Crippen LogP contribution in [0.2, 0.25) is 0 Å². The van der Waals surface area contributed by atoms with Gasteiger partial charge in [0.05, 0.1) is 0 Å². The smallest absolute Gasteiger partial charge is 0.157 e. The van der Waals surface area contributed by atoms with Crippen LogP contribution in [-0.4, -0.2) is 16.5 Å². The van der Waals surface area contributed by atoms with Crippen LogP contribution in [0.3, 0.4) is 0 Å². The molecule has 7 heavy (non-hydrogen) atoms. The monoisotopic (exact) mass is 98.0 g/mol. The topological polar surface area (TPSA) is 40.5 Å². The van der Waals surface area contributed by atoms with Crippen molar-refractivity contribution in [3.63, 3.8) is 0 Å². The Morgan fingerprint density at radius 1 is 1.14 bits per heavy atom. The van der Waals surface area contributed by atoms with Gasteiger partial charge in [0.25, 0.3) is 0 Å². The molecule has 0 unspecified atom stereocenters. The van der Waals surface area contributed by atoms with Crippen molar-refractivity contribution >= 4 is 0 Å². The second-order valence-corrected chi connectivity index (χ2v) is 2.95. The molecule has 0 aromatic rings. The predicted molar refractivity (Wildman–Crippen MR) is 21.1 cm³/mol. The molecule has 0 spiro atoms. The molecule has 4 rings (SSSR count). The van der Waals surface area contributed by atoms with E-state index in [4.69, 9.17) is 10.2 Å². The Morgan fingerprint density at radius 3 is 1.57 bits per heavy atom. The normalized spacial score (nSPS) is 78.4. The molecule has 0 aromatic carbocycles. The standard InChI is InChI=1S/C5H6O2/c6-4(7)5-1-2(5)3(1)5/h1-4,6-7H. The Hall–Kier alpha value is -0.0800. The molecule has 0 aromatic heterocycles. The molecule has 0 saturated heterocycles. The van der Waals surface area contributed by atoms with Gasteiger partial charge >= 0.3 is 0 Å². The summed E-state index contributed by atoms with van der Waals surface area (Å²) in [6.45, 7) is 0. The van der Waals surface area contributed by atoms with Crippen molar-refractivity contribution in [1.82, 2.24) is 0 Å². The van der Waals surface area contributed by atoms with E-state index in [0.717, 1.165) is 17.8 Å². The van der Waals surface area contributed by atoms with Crippen molar-refractivity contribution < 1.29 is 10.2 Å². The average molecular weight is 98.1 g/mol. The lowest BCUT2D eigenvalue weighted by Crippen LogP contribution is -2.07. The van der Waals surface area contributed by atoms with E-state index < -0.39 is 6.29 Å². The molecule has 4 aliphatic carbocycles. The van der Waals surface area contributed by atoms with Crippen molar-refractivity contribution in [3.8, 4) is 0 Å². The molecule has 4 saturated carbocycles. The Labute approximate surface area is 40.8 Å². The third kappa shape index (κ3) is 0.117. The SMILES string of the molecule is OC(O)C12C3C1C32. The van der Waals surface area contributed by atoms with Crippen LogP contribution >= 0.6 is 0 Å². The molecule has 0 heterocycles. The number of aliphatic hydroxyl groups is 2. The van der Waals surface area contributed by atoms with E-state index in [1.165, 1.54) is 0 Å². The highest BCUT2D eigenvalue weighted by Crippen LogP contribution is 3.10. The minimum Gasteiger partial charge on any atom is -0.368 e. The van der Waals surface area contributed by atoms with Crippen LogP contribution in [0.25, 0.3) is 0 Å². The molecule has 2 heteroatoms. The fraction of sp³-hybridized carbons (Fsp3) is 1.00. The zero-order chi connectivity index (χ0) is 4.81. The van der Waals surface area contributed by atoms with Crippen molar-refractivity contribution in [1.29, 1.82) is 0 Å². The van der Waals surface area contributed by atoms with Crippen LogP contribution in [-0.2, 0) is 0 Å². The largest absolute Gasteiger partial charge is 0.368 e. The summed E-state index contributed by atoms with van der Waals surface area (Å²) in [5.41, 5.74) is 0.111. The van der Waals surface area contributed by atoms with Crippen LogP contribution in [0.4, 0.5) is 0 Å². The van der Waals surface area contributed by atoms with Gasteiger partial charge in [0.1, 0.15) is 0 Å². The fourth-order valence-corrected chi connectivity index (χ4v) is 1.93. The summed E-state index contributed by atoms with van der Waals surface area (Å²) >= 11 is 0. The van der Waals surface area contributed by atoms with Crippen LogP contribution < -0.4 is 0 Å². The highest BCUT2D eigenvalue weighted by molar-refractivity contribution is 5.55. The maximum Gasteiger partial charge on any atom is 0.157 e. The Balaban J connectivity index is 2.00. The van der Waals surface area contributed by atoms with E-state index in [1.54, 1.807) is 0 Å². The van der Waals surface area contributed by atoms with Crippen molar-refractivity contribution in [2.24, 2.45) is 23.2 Å². The van der Waals surface area contributed by atoms with Gasteiger partial charge in [-0.25, -0.2) is 0 Å². The maximum absolute atomic E-state index is 8.57. The lowest BCUT2D eigenvalue weighted by molar-refractivity contribution is -0.0640. The van der Waals surface area contributed by atoms with Gasteiger partial charge in [-0.2, -0.15) is 0 Å². The summed E-state index contributed by atoms with van der Waals surface area (Å²) in [6.07, 6.45) is -0.979. The van der Waals surface area contributed by atoms with E-state index in [1.807, 2.05) is 0 Å². The molecule has 0 amide bonds. The van der Waals surface area contributed by atoms with E-state index in [9.17, 15) is 0 Å². The summed E-state index contributed by atoms with van der Waals surface area (Å²) in [5, 5.41) is 17.1. The lowest BCUT2D eigenvalue weighted by atomic mass is 10.4. The molecule has 0 aliphatic heterocycles. The average Bonchev–Trinajstić information content (AvgIpc) is 2.31. The summed E-state index contributed by atoms with van der Waals surface area (Å²) in [6, 6.07) is 0. The molecule has 0 bridgehead atoms. The van der Waals surface area contributed by atoms with E-state index in [2.05, 4.69) is 0 Å². The third-order valence-corrected chi connectivity index (χ3v) is 2.87. The molecule has 38 valence electrons. The van der Waals surface area contributed by atoms with Crippen LogP contribution in [0.5, 0.6) is 0 Å². The number of rotatable bonds is 1. The molecule has 2 nitrogen and oxygen atoms in total. The van der Waals surface area contributed by atoms with E-state index in [-0.39, 0.29) is 5.41 Å². The van der Waals surface area contributed by atoms with Gasteiger partial charge in [-0.15, -0.1) is 0 Å². The van der Waals surface area contributed by atoms with E-state index >= 15 is 0 Å². The first-order chi connectivity index (χ1) is 3.31. The van der Waals surface area contributed by atoms with Crippen molar-refractivity contribution in [2.45, 2.75) is 6.29 Å². The molecule has 4 aliphatic rings. The molecule has 2 N–H and O–H groups in total. The van der Waals surface area contributed by atoms with Crippen LogP contribution in [0.15, 0.2) is 0 Å². The fourth-order valence-electron chi connectivity index (χ4n) is 1.93. The van der Waals surface area contributed by atoms with Gasteiger partial charge < -0.3 is 10.2 Å². The lowest BCUT2D eigenvalue weighted by Gasteiger charge is -1.94. The molecule has 0 radical (unpaired) electrons. The third-order valence-electron chi connectivity index (χ3n) is 2.87. The first kappa shape index (κ1) is 3.05. The Kier molecular flexibility index (Phi) is 0.194. The van der Waals surface area contributed by atoms with Crippen LogP contribution in [0.1, 0.15) is 0 Å². The molecular formula is C5H6O2. The zero-order valence-electron chi connectivity index (χ0n) is 3.70. The van der Waals surface area contributed by atoms with Crippen LogP contribution in [0, 0.1) is 23.2 Å². The highest BCUT2D eigenvalue weighted by Gasteiger charge is 3.11. The first-order valence-corrected chi connectivity index (χ1v) is 2.67. The minimum atomic E-state index is -0.979. The summed E-state index contributed by atoms with van der Waals surface area (Å²) < 4.78 is 0. The molecular weight excluding hydrogens is 92.1 g/mol. The Bertz CT molecular complexity index is 124.